The summed E-state index contributed by atoms with van der Waals surface area (Å²) in [5.74, 6) is 1.46. The second kappa shape index (κ2) is 13.8. The Kier molecular flexibility index (Phi) is 11.8. The van der Waals surface area contributed by atoms with Gasteiger partial charge in [0.1, 0.15) is 0 Å². The van der Waals surface area contributed by atoms with Crippen LogP contribution in [0.3, 0.4) is 0 Å². The Hall–Kier alpha value is -0.570. The van der Waals surface area contributed by atoms with Crippen molar-refractivity contribution in [2.45, 2.75) is 44.6 Å². The first kappa shape index (κ1) is 25.7. The average molecular weight is 548 g/mol. The Balaban J connectivity index is 0.00000320. The van der Waals surface area contributed by atoms with Gasteiger partial charge in [-0.25, -0.2) is 0 Å². The number of hydrogen-bond acceptors (Lipinski definition) is 3. The maximum Gasteiger partial charge on any atom is 0.190 e. The van der Waals surface area contributed by atoms with E-state index >= 15 is 0 Å². The average Bonchev–Trinajstić information content (AvgIpc) is 3.23. The molecule has 2 unspecified atom stereocenters. The third-order valence-corrected chi connectivity index (χ3v) is 6.58. The summed E-state index contributed by atoms with van der Waals surface area (Å²) in [6.07, 6.45) is 7.66. The maximum atomic E-state index is 6.27. The van der Waals surface area contributed by atoms with E-state index in [-0.39, 0.29) is 24.0 Å². The third kappa shape index (κ3) is 7.84. The summed E-state index contributed by atoms with van der Waals surface area (Å²) in [6, 6.07) is 8.74. The number of nitrogens with one attached hydrogen (secondary N) is 2. The van der Waals surface area contributed by atoms with Crippen molar-refractivity contribution in [1.29, 1.82) is 0 Å². The molecule has 170 valence electrons. The molecule has 2 saturated heterocycles. The highest BCUT2D eigenvalue weighted by atomic mass is 127. The van der Waals surface area contributed by atoms with Crippen LogP contribution >= 0.6 is 35.6 Å². The van der Waals surface area contributed by atoms with Crippen molar-refractivity contribution in [3.05, 3.63) is 34.9 Å². The van der Waals surface area contributed by atoms with E-state index in [0.29, 0.717) is 12.0 Å². The predicted molar refractivity (Wildman–Crippen MR) is 139 cm³/mol. The molecule has 0 aliphatic carbocycles. The van der Waals surface area contributed by atoms with E-state index in [1.165, 1.54) is 63.7 Å². The van der Waals surface area contributed by atoms with Gasteiger partial charge in [0.15, 0.2) is 5.96 Å². The van der Waals surface area contributed by atoms with Crippen LogP contribution in [0.5, 0.6) is 0 Å². The van der Waals surface area contributed by atoms with Crippen LogP contribution in [0.15, 0.2) is 29.3 Å². The standard InChI is InChI=1S/C23H38ClN5.HI/c1-25-23(26-12-3-4-14-29-15-5-6-16-29)27-18-20-10-8-13-28(2)22(20)19-9-7-11-21(24)17-19;/h7,9,11,17,20,22H,3-6,8,10,12-16,18H2,1-2H3,(H2,25,26,27);1H. The molecule has 0 amide bonds. The molecule has 0 saturated carbocycles. The number of halogens is 2. The Labute approximate surface area is 205 Å². The minimum absolute atomic E-state index is 0. The fourth-order valence-electron chi connectivity index (χ4n) is 4.81. The van der Waals surface area contributed by atoms with Gasteiger partial charge in [-0.05, 0) is 95.4 Å². The van der Waals surface area contributed by atoms with Gasteiger partial charge in [0.25, 0.3) is 0 Å². The summed E-state index contributed by atoms with van der Waals surface area (Å²) < 4.78 is 0. The van der Waals surface area contributed by atoms with Crippen molar-refractivity contribution < 1.29 is 0 Å². The first-order chi connectivity index (χ1) is 14.2. The second-order valence-corrected chi connectivity index (χ2v) is 8.95. The number of guanidine groups is 1. The number of nitrogens with zero attached hydrogens (tertiary/aromatic N) is 3. The predicted octanol–water partition coefficient (Wildman–Crippen LogP) is 4.38. The van der Waals surface area contributed by atoms with Crippen LogP contribution in [0, 0.1) is 5.92 Å². The number of hydrogen-bond donors (Lipinski definition) is 2. The van der Waals surface area contributed by atoms with Crippen LogP contribution in [0.2, 0.25) is 5.02 Å². The van der Waals surface area contributed by atoms with E-state index in [9.17, 15) is 0 Å². The van der Waals surface area contributed by atoms with Crippen molar-refractivity contribution in [3.63, 3.8) is 0 Å². The highest BCUT2D eigenvalue weighted by Gasteiger charge is 2.30. The summed E-state index contributed by atoms with van der Waals surface area (Å²) >= 11 is 6.27. The zero-order valence-electron chi connectivity index (χ0n) is 18.6. The van der Waals surface area contributed by atoms with Crippen LogP contribution in [0.1, 0.15) is 50.1 Å². The van der Waals surface area contributed by atoms with Gasteiger partial charge in [0.2, 0.25) is 0 Å². The number of benzene rings is 1. The zero-order valence-corrected chi connectivity index (χ0v) is 21.7. The molecule has 7 heteroatoms. The SMILES string of the molecule is CN=C(NCCCCN1CCCC1)NCC1CCCN(C)C1c1cccc(Cl)c1.I. The van der Waals surface area contributed by atoms with Gasteiger partial charge in [0.05, 0.1) is 0 Å². The lowest BCUT2D eigenvalue weighted by Crippen LogP contribution is -2.45. The smallest absolute Gasteiger partial charge is 0.190 e. The molecule has 2 heterocycles. The van der Waals surface area contributed by atoms with Gasteiger partial charge in [-0.15, -0.1) is 24.0 Å². The molecule has 5 nitrogen and oxygen atoms in total. The van der Waals surface area contributed by atoms with Gasteiger partial charge in [-0.2, -0.15) is 0 Å². The lowest BCUT2D eigenvalue weighted by atomic mass is 9.85. The Bertz CT molecular complexity index is 650. The third-order valence-electron chi connectivity index (χ3n) is 6.34. The van der Waals surface area contributed by atoms with Crippen LogP contribution < -0.4 is 10.6 Å². The first-order valence-corrected chi connectivity index (χ1v) is 11.7. The van der Waals surface area contributed by atoms with E-state index in [1.54, 1.807) is 0 Å². The van der Waals surface area contributed by atoms with E-state index in [2.05, 4.69) is 50.7 Å². The molecule has 0 bridgehead atoms. The normalized spacial score (nSPS) is 23.2. The van der Waals surface area contributed by atoms with Crippen LogP contribution in [-0.4, -0.2) is 69.1 Å². The van der Waals surface area contributed by atoms with Crippen molar-refractivity contribution in [1.82, 2.24) is 20.4 Å². The summed E-state index contributed by atoms with van der Waals surface area (Å²) in [6.45, 7) is 6.87. The second-order valence-electron chi connectivity index (χ2n) is 8.52. The monoisotopic (exact) mass is 547 g/mol. The molecule has 0 spiro atoms. The minimum Gasteiger partial charge on any atom is -0.356 e. The molecule has 2 aliphatic rings. The number of aliphatic imine (C=N–C) groups is 1. The summed E-state index contributed by atoms with van der Waals surface area (Å²) in [4.78, 5) is 9.48. The van der Waals surface area contributed by atoms with Crippen molar-refractivity contribution in [2.75, 3.05) is 53.4 Å². The van der Waals surface area contributed by atoms with Crippen LogP contribution in [-0.2, 0) is 0 Å². The van der Waals surface area contributed by atoms with E-state index < -0.39 is 0 Å². The molecule has 2 atom stereocenters. The highest BCUT2D eigenvalue weighted by molar-refractivity contribution is 14.0. The topological polar surface area (TPSA) is 42.9 Å². The molecule has 0 radical (unpaired) electrons. The molecule has 1 aromatic carbocycles. The molecular formula is C23H39ClIN5. The number of unbranched alkanes of at least 4 members (excludes halogenated alkanes) is 1. The lowest BCUT2D eigenvalue weighted by molar-refractivity contribution is 0.122. The fraction of sp³-hybridized carbons (Fsp3) is 0.696. The fourth-order valence-corrected chi connectivity index (χ4v) is 5.01. The molecule has 2 N–H and O–H groups in total. The van der Waals surface area contributed by atoms with E-state index in [4.69, 9.17) is 11.6 Å². The van der Waals surface area contributed by atoms with Gasteiger partial charge < -0.3 is 15.5 Å². The molecular weight excluding hydrogens is 509 g/mol. The van der Waals surface area contributed by atoms with Gasteiger partial charge in [-0.1, -0.05) is 23.7 Å². The zero-order chi connectivity index (χ0) is 20.5. The highest BCUT2D eigenvalue weighted by Crippen LogP contribution is 2.35. The summed E-state index contributed by atoms with van der Waals surface area (Å²) in [5, 5.41) is 7.89. The maximum absolute atomic E-state index is 6.27. The van der Waals surface area contributed by atoms with E-state index in [0.717, 1.165) is 30.6 Å². The molecule has 2 fully saturated rings. The lowest BCUT2D eigenvalue weighted by Gasteiger charge is -2.40. The minimum atomic E-state index is 0. The van der Waals surface area contributed by atoms with Gasteiger partial charge in [0, 0.05) is 31.2 Å². The molecule has 1 aromatic rings. The Morgan fingerprint density at radius 1 is 1.13 bits per heavy atom. The summed E-state index contributed by atoms with van der Waals surface area (Å²) in [5.41, 5.74) is 1.32. The van der Waals surface area contributed by atoms with Gasteiger partial charge >= 0.3 is 0 Å². The van der Waals surface area contributed by atoms with Crippen molar-refractivity contribution in [2.24, 2.45) is 10.9 Å². The molecule has 0 aromatic heterocycles. The quantitative estimate of drug-likeness (QED) is 0.219. The van der Waals surface area contributed by atoms with Crippen LogP contribution in [0.4, 0.5) is 0 Å². The first-order valence-electron chi connectivity index (χ1n) is 11.3. The Morgan fingerprint density at radius 2 is 1.93 bits per heavy atom. The Morgan fingerprint density at radius 3 is 2.67 bits per heavy atom. The number of piperidine rings is 1. The van der Waals surface area contributed by atoms with Crippen molar-refractivity contribution in [3.8, 4) is 0 Å². The largest absolute Gasteiger partial charge is 0.356 e. The number of rotatable bonds is 8. The molecule has 2 aliphatic heterocycles. The molecule has 30 heavy (non-hydrogen) atoms. The molecule has 3 rings (SSSR count). The number of likely N-dealkylation sites (tertiary alicyclic amines) is 2. The van der Waals surface area contributed by atoms with Gasteiger partial charge in [-0.3, -0.25) is 9.89 Å². The van der Waals surface area contributed by atoms with E-state index in [1.807, 2.05) is 13.1 Å². The van der Waals surface area contributed by atoms with Crippen molar-refractivity contribution >= 4 is 41.5 Å². The van der Waals surface area contributed by atoms with Crippen LogP contribution in [0.25, 0.3) is 0 Å². The summed E-state index contributed by atoms with van der Waals surface area (Å²) in [7, 11) is 4.09.